The maximum absolute atomic E-state index is 11.9. The fourth-order valence-corrected chi connectivity index (χ4v) is 2.14. The Kier molecular flexibility index (Phi) is 4.69. The number of amides is 1. The van der Waals surface area contributed by atoms with E-state index in [9.17, 15) is 4.79 Å². The van der Waals surface area contributed by atoms with Crippen molar-refractivity contribution in [3.8, 4) is 11.4 Å². The van der Waals surface area contributed by atoms with Crippen LogP contribution in [0.25, 0.3) is 11.4 Å². The zero-order chi connectivity index (χ0) is 15.9. The van der Waals surface area contributed by atoms with E-state index in [4.69, 9.17) is 0 Å². The molecule has 1 aromatic carbocycles. The third-order valence-corrected chi connectivity index (χ3v) is 3.36. The van der Waals surface area contributed by atoms with Gasteiger partial charge in [0.15, 0.2) is 5.82 Å². The third kappa shape index (κ3) is 3.97. The number of rotatable bonds is 5. The van der Waals surface area contributed by atoms with Crippen LogP contribution in [0.15, 0.2) is 67.3 Å². The lowest BCUT2D eigenvalue weighted by Gasteiger charge is -2.05. The summed E-state index contributed by atoms with van der Waals surface area (Å²) in [5.74, 6) is 0.577. The highest BCUT2D eigenvalue weighted by atomic mass is 16.1. The standard InChI is InChI=1S/C18H16N4O/c23-18(16-7-4-9-19-13-16)20-10-8-14-11-21-17(22-12-14)15-5-2-1-3-6-15/h1-7,9,11-13H,8,10H2,(H,20,23). The van der Waals surface area contributed by atoms with E-state index in [1.165, 1.54) is 0 Å². The molecule has 0 atom stereocenters. The molecular formula is C18H16N4O. The molecule has 23 heavy (non-hydrogen) atoms. The van der Waals surface area contributed by atoms with Crippen LogP contribution in [0.5, 0.6) is 0 Å². The van der Waals surface area contributed by atoms with Gasteiger partial charge in [-0.25, -0.2) is 9.97 Å². The van der Waals surface area contributed by atoms with Crippen LogP contribution in [0.4, 0.5) is 0 Å². The normalized spacial score (nSPS) is 10.3. The molecule has 5 heteroatoms. The van der Waals surface area contributed by atoms with Crippen LogP contribution in [0.1, 0.15) is 15.9 Å². The molecule has 3 rings (SSSR count). The molecule has 0 aliphatic rings. The van der Waals surface area contributed by atoms with E-state index < -0.39 is 0 Å². The van der Waals surface area contributed by atoms with Gasteiger partial charge < -0.3 is 5.32 Å². The smallest absolute Gasteiger partial charge is 0.252 e. The summed E-state index contributed by atoms with van der Waals surface area (Å²) < 4.78 is 0. The highest BCUT2D eigenvalue weighted by Crippen LogP contribution is 2.13. The highest BCUT2D eigenvalue weighted by Gasteiger charge is 2.05. The van der Waals surface area contributed by atoms with Gasteiger partial charge >= 0.3 is 0 Å². The maximum Gasteiger partial charge on any atom is 0.252 e. The number of carbonyl (C=O) groups is 1. The quantitative estimate of drug-likeness (QED) is 0.786. The summed E-state index contributed by atoms with van der Waals surface area (Å²) in [4.78, 5) is 24.6. The first-order valence-corrected chi connectivity index (χ1v) is 7.37. The lowest BCUT2D eigenvalue weighted by Crippen LogP contribution is -2.25. The average molecular weight is 304 g/mol. The molecule has 2 heterocycles. The van der Waals surface area contributed by atoms with E-state index in [-0.39, 0.29) is 5.91 Å². The summed E-state index contributed by atoms with van der Waals surface area (Å²) in [6.45, 7) is 0.530. The monoisotopic (exact) mass is 304 g/mol. The van der Waals surface area contributed by atoms with Crippen molar-refractivity contribution >= 4 is 5.91 Å². The number of pyridine rings is 1. The molecule has 0 saturated carbocycles. The van der Waals surface area contributed by atoms with Crippen molar-refractivity contribution in [2.45, 2.75) is 6.42 Å². The van der Waals surface area contributed by atoms with Crippen molar-refractivity contribution in [2.24, 2.45) is 0 Å². The summed E-state index contributed by atoms with van der Waals surface area (Å²) in [6.07, 6.45) is 7.47. The van der Waals surface area contributed by atoms with Crippen molar-refractivity contribution < 1.29 is 4.79 Å². The number of nitrogens with one attached hydrogen (secondary N) is 1. The molecule has 0 aliphatic carbocycles. The van der Waals surface area contributed by atoms with Gasteiger partial charge in [0, 0.05) is 36.9 Å². The van der Waals surface area contributed by atoms with Crippen molar-refractivity contribution in [3.05, 3.63) is 78.4 Å². The van der Waals surface area contributed by atoms with Crippen LogP contribution in [0.2, 0.25) is 0 Å². The van der Waals surface area contributed by atoms with Crippen LogP contribution >= 0.6 is 0 Å². The molecule has 0 unspecified atom stereocenters. The van der Waals surface area contributed by atoms with Crippen molar-refractivity contribution in [1.29, 1.82) is 0 Å². The second-order valence-electron chi connectivity index (χ2n) is 5.03. The predicted octanol–water partition coefficient (Wildman–Crippen LogP) is 2.51. The molecule has 114 valence electrons. The zero-order valence-electron chi connectivity index (χ0n) is 12.5. The van der Waals surface area contributed by atoms with Gasteiger partial charge in [-0.05, 0) is 24.1 Å². The summed E-state index contributed by atoms with van der Waals surface area (Å²) >= 11 is 0. The molecule has 3 aromatic rings. The minimum absolute atomic E-state index is 0.125. The van der Waals surface area contributed by atoms with E-state index in [0.717, 1.165) is 11.1 Å². The van der Waals surface area contributed by atoms with Gasteiger partial charge in [-0.15, -0.1) is 0 Å². The molecule has 0 radical (unpaired) electrons. The Morgan fingerprint density at radius 3 is 2.43 bits per heavy atom. The molecular weight excluding hydrogens is 288 g/mol. The first kappa shape index (κ1) is 14.8. The number of nitrogens with zero attached hydrogens (tertiary/aromatic N) is 3. The third-order valence-electron chi connectivity index (χ3n) is 3.36. The van der Waals surface area contributed by atoms with Crippen LogP contribution in [-0.2, 0) is 6.42 Å². The van der Waals surface area contributed by atoms with Crippen LogP contribution < -0.4 is 5.32 Å². The second kappa shape index (κ2) is 7.26. The first-order chi connectivity index (χ1) is 11.3. The summed E-state index contributed by atoms with van der Waals surface area (Å²) in [5, 5.41) is 2.86. The lowest BCUT2D eigenvalue weighted by atomic mass is 10.2. The Morgan fingerprint density at radius 1 is 0.957 bits per heavy atom. The number of hydrogen-bond acceptors (Lipinski definition) is 4. The number of aromatic nitrogens is 3. The van der Waals surface area contributed by atoms with Gasteiger partial charge in [0.2, 0.25) is 0 Å². The zero-order valence-corrected chi connectivity index (χ0v) is 12.5. The van der Waals surface area contributed by atoms with Gasteiger partial charge in [0.25, 0.3) is 5.91 Å². The summed E-state index contributed by atoms with van der Waals surface area (Å²) in [5.41, 5.74) is 2.53. The molecule has 0 fully saturated rings. The Morgan fingerprint density at radius 2 is 1.74 bits per heavy atom. The van der Waals surface area contributed by atoms with Gasteiger partial charge in [0.05, 0.1) is 5.56 Å². The van der Waals surface area contributed by atoms with Crippen LogP contribution in [0.3, 0.4) is 0 Å². The fraction of sp³-hybridized carbons (Fsp3) is 0.111. The fourth-order valence-electron chi connectivity index (χ4n) is 2.14. The van der Waals surface area contributed by atoms with E-state index >= 15 is 0 Å². The molecule has 0 aliphatic heterocycles. The first-order valence-electron chi connectivity index (χ1n) is 7.37. The number of benzene rings is 1. The van der Waals surface area contributed by atoms with Gasteiger partial charge in [-0.3, -0.25) is 9.78 Å². The second-order valence-corrected chi connectivity index (χ2v) is 5.03. The van der Waals surface area contributed by atoms with E-state index in [2.05, 4.69) is 20.3 Å². The van der Waals surface area contributed by atoms with Crippen molar-refractivity contribution in [1.82, 2.24) is 20.3 Å². The molecule has 5 nitrogen and oxygen atoms in total. The molecule has 0 saturated heterocycles. The Labute approximate surface area is 134 Å². The van der Waals surface area contributed by atoms with Crippen LogP contribution in [0, 0.1) is 0 Å². The predicted molar refractivity (Wildman–Crippen MR) is 87.7 cm³/mol. The molecule has 1 N–H and O–H groups in total. The number of hydrogen-bond donors (Lipinski definition) is 1. The topological polar surface area (TPSA) is 67.8 Å². The van der Waals surface area contributed by atoms with Gasteiger partial charge in [-0.2, -0.15) is 0 Å². The lowest BCUT2D eigenvalue weighted by molar-refractivity contribution is 0.0954. The minimum atomic E-state index is -0.125. The highest BCUT2D eigenvalue weighted by molar-refractivity contribution is 5.93. The van der Waals surface area contributed by atoms with Crippen molar-refractivity contribution in [2.75, 3.05) is 6.54 Å². The molecule has 2 aromatic heterocycles. The largest absolute Gasteiger partial charge is 0.352 e. The Bertz CT molecular complexity index is 758. The van der Waals surface area contributed by atoms with Crippen LogP contribution in [-0.4, -0.2) is 27.4 Å². The SMILES string of the molecule is O=C(NCCc1cnc(-c2ccccc2)nc1)c1cccnc1. The van der Waals surface area contributed by atoms with Crippen molar-refractivity contribution in [3.63, 3.8) is 0 Å². The van der Waals surface area contributed by atoms with E-state index in [1.807, 2.05) is 30.3 Å². The maximum atomic E-state index is 11.9. The van der Waals surface area contributed by atoms with Gasteiger partial charge in [-0.1, -0.05) is 30.3 Å². The summed E-state index contributed by atoms with van der Waals surface area (Å²) in [7, 11) is 0. The van der Waals surface area contributed by atoms with Gasteiger partial charge in [0.1, 0.15) is 0 Å². The van der Waals surface area contributed by atoms with E-state index in [0.29, 0.717) is 24.4 Å². The minimum Gasteiger partial charge on any atom is -0.352 e. The number of carbonyl (C=O) groups excluding carboxylic acids is 1. The Hall–Kier alpha value is -3.08. The molecule has 0 spiro atoms. The molecule has 0 bridgehead atoms. The Balaban J connectivity index is 1.54. The molecule has 1 amide bonds. The van der Waals surface area contributed by atoms with E-state index in [1.54, 1.807) is 36.9 Å². The average Bonchev–Trinajstić information content (AvgIpc) is 2.64. The summed E-state index contributed by atoms with van der Waals surface area (Å²) in [6, 6.07) is 13.3.